The maximum absolute atomic E-state index is 10.4. The Morgan fingerprint density at radius 2 is 2.22 bits per heavy atom. The number of hydrogen-bond donors (Lipinski definition) is 2. The summed E-state index contributed by atoms with van der Waals surface area (Å²) >= 11 is 4.46. The van der Waals surface area contributed by atoms with Crippen molar-refractivity contribution in [1.82, 2.24) is 4.72 Å². The van der Waals surface area contributed by atoms with Crippen LogP contribution in [0.25, 0.3) is 0 Å². The van der Waals surface area contributed by atoms with E-state index in [2.05, 4.69) is 17.5 Å². The molecule has 0 fully saturated rings. The largest absolute Gasteiger partial charge is 0.302 e. The highest BCUT2D eigenvalue weighted by molar-refractivity contribution is 8.14. The Hall–Kier alpha value is -0.160. The minimum absolute atomic E-state index is 0.0630. The Bertz CT molecular complexity index is 126. The summed E-state index contributed by atoms with van der Waals surface area (Å²) in [5.41, 5.74) is 0. The van der Waals surface area contributed by atoms with Gasteiger partial charge in [0.25, 0.3) is 0 Å². The van der Waals surface area contributed by atoms with E-state index < -0.39 is 0 Å². The molecule has 0 saturated heterocycles. The fraction of sp³-hybridized carbons (Fsp3) is 0.500. The lowest BCUT2D eigenvalue weighted by atomic mass is 10.8. The molecule has 0 aliphatic rings. The smallest absolute Gasteiger partial charge is 0.240 e. The van der Waals surface area contributed by atoms with E-state index in [1.165, 1.54) is 6.92 Å². The topological polar surface area (TPSA) is 46.2 Å². The molecule has 0 aromatic rings. The van der Waals surface area contributed by atoms with Crippen molar-refractivity contribution in [3.8, 4) is 0 Å². The summed E-state index contributed by atoms with van der Waals surface area (Å²) < 4.78 is 2.10. The first-order chi connectivity index (χ1) is 4.16. The zero-order valence-electron chi connectivity index (χ0n) is 4.88. The molecule has 0 spiro atoms. The minimum atomic E-state index is -0.251. The molecule has 0 bridgehead atoms. The first-order valence-corrected chi connectivity index (χ1v) is 3.66. The second-order valence-electron chi connectivity index (χ2n) is 1.32. The Morgan fingerprint density at radius 3 is 2.56 bits per heavy atom. The average molecular weight is 165 g/mol. The van der Waals surface area contributed by atoms with Crippen LogP contribution >= 0.6 is 24.6 Å². The van der Waals surface area contributed by atoms with E-state index in [0.717, 1.165) is 11.8 Å². The number of carbonyl (C=O) groups excluding carboxylic acids is 2. The first-order valence-electron chi connectivity index (χ1n) is 2.23. The SMILES string of the molecule is CC(=O)SCC(=O)NS. The quantitative estimate of drug-likeness (QED) is 0.576. The maximum Gasteiger partial charge on any atom is 0.240 e. The molecule has 0 aliphatic carbocycles. The highest BCUT2D eigenvalue weighted by Crippen LogP contribution is 1.98. The van der Waals surface area contributed by atoms with Gasteiger partial charge in [0.05, 0.1) is 5.75 Å². The molecule has 3 nitrogen and oxygen atoms in total. The zero-order chi connectivity index (χ0) is 7.28. The second-order valence-corrected chi connectivity index (χ2v) is 2.69. The van der Waals surface area contributed by atoms with Crippen LogP contribution in [0.5, 0.6) is 0 Å². The zero-order valence-corrected chi connectivity index (χ0v) is 6.59. The first kappa shape index (κ1) is 8.84. The van der Waals surface area contributed by atoms with Gasteiger partial charge in [-0.25, -0.2) is 0 Å². The van der Waals surface area contributed by atoms with Crippen molar-refractivity contribution < 1.29 is 9.59 Å². The Morgan fingerprint density at radius 1 is 1.67 bits per heavy atom. The molecular weight excluding hydrogens is 158 g/mol. The number of hydrogen-bond acceptors (Lipinski definition) is 4. The van der Waals surface area contributed by atoms with Gasteiger partial charge in [0.2, 0.25) is 5.91 Å². The Kier molecular flexibility index (Phi) is 4.61. The van der Waals surface area contributed by atoms with Crippen LogP contribution < -0.4 is 4.72 Å². The van der Waals surface area contributed by atoms with Gasteiger partial charge in [0, 0.05) is 6.92 Å². The third-order valence-corrected chi connectivity index (χ3v) is 1.59. The van der Waals surface area contributed by atoms with Crippen LogP contribution in [-0.4, -0.2) is 16.8 Å². The summed E-state index contributed by atoms with van der Waals surface area (Å²) in [7, 11) is 0. The summed E-state index contributed by atoms with van der Waals surface area (Å²) in [6.07, 6.45) is 0. The predicted octanol–water partition coefficient (Wildman–Crippen LogP) is 0.227. The summed E-state index contributed by atoms with van der Waals surface area (Å²) in [4.78, 5) is 20.6. The third kappa shape index (κ3) is 5.72. The highest BCUT2D eigenvalue weighted by atomic mass is 32.2. The van der Waals surface area contributed by atoms with Gasteiger partial charge >= 0.3 is 0 Å². The van der Waals surface area contributed by atoms with Crippen LogP contribution in [0.1, 0.15) is 6.92 Å². The molecule has 0 rings (SSSR count). The number of thioether (sulfide) groups is 1. The van der Waals surface area contributed by atoms with Crippen LogP contribution in [0.4, 0.5) is 0 Å². The van der Waals surface area contributed by atoms with Gasteiger partial charge in [0.15, 0.2) is 5.12 Å². The molecule has 0 aliphatic heterocycles. The standard InChI is InChI=1S/C4H7NO2S2/c1-3(6)9-2-4(7)5-8/h8H,2H2,1H3,(H,5,7). The molecule has 5 heteroatoms. The van der Waals surface area contributed by atoms with Gasteiger partial charge in [-0.05, 0) is 0 Å². The summed E-state index contributed by atoms with van der Waals surface area (Å²) in [5.74, 6) is -0.0997. The fourth-order valence-electron chi connectivity index (χ4n) is 0.199. The normalized spacial score (nSPS) is 8.67. The lowest BCUT2D eigenvalue weighted by Gasteiger charge is -1.92. The van der Waals surface area contributed by atoms with Crippen LogP contribution in [0.2, 0.25) is 0 Å². The molecule has 1 amide bonds. The molecule has 0 radical (unpaired) electrons. The molecule has 52 valence electrons. The van der Waals surface area contributed by atoms with Crippen molar-refractivity contribution in [2.75, 3.05) is 5.75 Å². The van der Waals surface area contributed by atoms with E-state index in [0.29, 0.717) is 0 Å². The van der Waals surface area contributed by atoms with Crippen molar-refractivity contribution >= 4 is 35.6 Å². The summed E-state index contributed by atoms with van der Waals surface area (Å²) in [6.45, 7) is 1.41. The van der Waals surface area contributed by atoms with Gasteiger partial charge in [0.1, 0.15) is 0 Å². The van der Waals surface area contributed by atoms with Gasteiger partial charge in [-0.15, -0.1) is 0 Å². The Labute approximate surface area is 63.1 Å². The van der Waals surface area contributed by atoms with Crippen LogP contribution in [0.15, 0.2) is 0 Å². The number of thiol groups is 1. The van der Waals surface area contributed by atoms with Gasteiger partial charge in [-0.1, -0.05) is 24.6 Å². The molecule has 0 unspecified atom stereocenters. The monoisotopic (exact) mass is 165 g/mol. The lowest BCUT2D eigenvalue weighted by Crippen LogP contribution is -2.15. The molecule has 0 heterocycles. The molecule has 0 atom stereocenters. The lowest BCUT2D eigenvalue weighted by molar-refractivity contribution is -0.117. The second kappa shape index (κ2) is 4.69. The highest BCUT2D eigenvalue weighted by Gasteiger charge is 1.99. The van der Waals surface area contributed by atoms with Crippen molar-refractivity contribution in [3.05, 3.63) is 0 Å². The molecular formula is C4H7NO2S2. The van der Waals surface area contributed by atoms with Gasteiger partial charge < -0.3 is 4.72 Å². The van der Waals surface area contributed by atoms with Gasteiger partial charge in [-0.3, -0.25) is 9.59 Å². The van der Waals surface area contributed by atoms with Crippen LogP contribution in [0, 0.1) is 0 Å². The van der Waals surface area contributed by atoms with E-state index in [1.807, 2.05) is 0 Å². The number of carbonyl (C=O) groups is 2. The molecule has 9 heavy (non-hydrogen) atoms. The van der Waals surface area contributed by atoms with Gasteiger partial charge in [-0.2, -0.15) is 0 Å². The fourth-order valence-corrected chi connectivity index (χ4v) is 0.792. The van der Waals surface area contributed by atoms with Crippen molar-refractivity contribution in [3.63, 3.8) is 0 Å². The number of nitrogens with one attached hydrogen (secondary N) is 1. The number of amides is 1. The summed E-state index contributed by atoms with van der Waals surface area (Å²) in [5, 5.41) is -0.0630. The van der Waals surface area contributed by atoms with E-state index in [1.54, 1.807) is 0 Å². The van der Waals surface area contributed by atoms with Crippen molar-refractivity contribution in [2.24, 2.45) is 0 Å². The van der Waals surface area contributed by atoms with Crippen molar-refractivity contribution in [1.29, 1.82) is 0 Å². The number of rotatable bonds is 2. The molecule has 1 N–H and O–H groups in total. The molecule has 0 saturated carbocycles. The predicted molar refractivity (Wildman–Crippen MR) is 40.3 cm³/mol. The maximum atomic E-state index is 10.4. The van der Waals surface area contributed by atoms with E-state index in [4.69, 9.17) is 0 Å². The van der Waals surface area contributed by atoms with E-state index >= 15 is 0 Å². The van der Waals surface area contributed by atoms with Crippen LogP contribution in [0.3, 0.4) is 0 Å². The molecule has 0 aromatic heterocycles. The summed E-state index contributed by atoms with van der Waals surface area (Å²) in [6, 6.07) is 0. The third-order valence-electron chi connectivity index (χ3n) is 0.531. The molecule has 0 aromatic carbocycles. The van der Waals surface area contributed by atoms with E-state index in [-0.39, 0.29) is 16.8 Å². The minimum Gasteiger partial charge on any atom is -0.302 e. The van der Waals surface area contributed by atoms with Crippen molar-refractivity contribution in [2.45, 2.75) is 6.92 Å². The van der Waals surface area contributed by atoms with E-state index in [9.17, 15) is 9.59 Å². The van der Waals surface area contributed by atoms with Crippen LogP contribution in [-0.2, 0) is 9.59 Å². The average Bonchev–Trinajstić information content (AvgIpc) is 1.83. The Balaban J connectivity index is 3.28.